The predicted molar refractivity (Wildman–Crippen MR) is 97.6 cm³/mol. The molecule has 0 heterocycles. The second-order valence-corrected chi connectivity index (χ2v) is 8.65. The number of hydrogen-bond donors (Lipinski definition) is 3. The van der Waals surface area contributed by atoms with E-state index in [2.05, 4.69) is 18.3 Å². The SMILES string of the molecule is COCNC[C@H]1C[C@@H]2[C@H](CC[C@]3(C)C(O)CC[C@@H]23)c2ccc(O)cc21. The molecule has 1 aromatic rings. The highest BCUT2D eigenvalue weighted by atomic mass is 16.5. The number of phenolic OH excluding ortho intramolecular Hbond substituents is 1. The van der Waals surface area contributed by atoms with Crippen molar-refractivity contribution in [2.75, 3.05) is 20.4 Å². The van der Waals surface area contributed by atoms with E-state index >= 15 is 0 Å². The van der Waals surface area contributed by atoms with Gasteiger partial charge in [0.25, 0.3) is 0 Å². The van der Waals surface area contributed by atoms with E-state index < -0.39 is 0 Å². The molecule has 1 unspecified atom stereocenters. The molecule has 2 fully saturated rings. The van der Waals surface area contributed by atoms with Crippen molar-refractivity contribution in [2.45, 2.75) is 57.0 Å². The molecule has 4 rings (SSSR count). The topological polar surface area (TPSA) is 61.7 Å². The van der Waals surface area contributed by atoms with Crippen molar-refractivity contribution in [1.82, 2.24) is 5.32 Å². The molecule has 0 saturated heterocycles. The molecular formula is C21H31NO3. The molecule has 4 heteroatoms. The Kier molecular flexibility index (Phi) is 4.55. The van der Waals surface area contributed by atoms with Gasteiger partial charge in [-0.15, -0.1) is 0 Å². The van der Waals surface area contributed by atoms with Crippen LogP contribution in [0.2, 0.25) is 0 Å². The summed E-state index contributed by atoms with van der Waals surface area (Å²) in [4.78, 5) is 0. The van der Waals surface area contributed by atoms with Gasteiger partial charge in [0.2, 0.25) is 0 Å². The van der Waals surface area contributed by atoms with E-state index in [1.165, 1.54) is 11.1 Å². The Balaban J connectivity index is 1.67. The fourth-order valence-corrected chi connectivity index (χ4v) is 6.21. The van der Waals surface area contributed by atoms with E-state index in [4.69, 9.17) is 4.74 Å². The molecule has 2 saturated carbocycles. The zero-order valence-corrected chi connectivity index (χ0v) is 15.4. The molecule has 0 spiro atoms. The van der Waals surface area contributed by atoms with Crippen LogP contribution in [0.3, 0.4) is 0 Å². The van der Waals surface area contributed by atoms with Crippen LogP contribution in [0.1, 0.15) is 62.0 Å². The van der Waals surface area contributed by atoms with Gasteiger partial charge >= 0.3 is 0 Å². The van der Waals surface area contributed by atoms with Crippen molar-refractivity contribution >= 4 is 0 Å². The molecule has 4 nitrogen and oxygen atoms in total. The van der Waals surface area contributed by atoms with E-state index in [0.29, 0.717) is 36.2 Å². The minimum absolute atomic E-state index is 0.0973. The number of nitrogens with one attached hydrogen (secondary N) is 1. The quantitative estimate of drug-likeness (QED) is 0.578. The second kappa shape index (κ2) is 6.57. The van der Waals surface area contributed by atoms with E-state index in [-0.39, 0.29) is 11.5 Å². The molecule has 3 N–H and O–H groups in total. The highest BCUT2D eigenvalue weighted by Gasteiger charge is 2.55. The molecule has 1 aromatic carbocycles. The van der Waals surface area contributed by atoms with Crippen molar-refractivity contribution in [3.8, 4) is 5.75 Å². The number of aliphatic hydroxyl groups is 1. The predicted octanol–water partition coefficient (Wildman–Crippen LogP) is 3.34. The number of rotatable bonds is 4. The van der Waals surface area contributed by atoms with Crippen LogP contribution in [0, 0.1) is 17.3 Å². The van der Waals surface area contributed by atoms with E-state index in [9.17, 15) is 10.2 Å². The van der Waals surface area contributed by atoms with Gasteiger partial charge in [-0.3, -0.25) is 5.32 Å². The number of aliphatic hydroxyl groups excluding tert-OH is 1. The molecule has 25 heavy (non-hydrogen) atoms. The molecule has 138 valence electrons. The molecule has 0 bridgehead atoms. The average Bonchev–Trinajstić information content (AvgIpc) is 2.90. The van der Waals surface area contributed by atoms with Crippen LogP contribution in [-0.2, 0) is 4.74 Å². The Morgan fingerprint density at radius 2 is 2.08 bits per heavy atom. The zero-order valence-electron chi connectivity index (χ0n) is 15.4. The summed E-state index contributed by atoms with van der Waals surface area (Å²) in [5, 5.41) is 24.0. The smallest absolute Gasteiger partial charge is 0.115 e. The maximum absolute atomic E-state index is 10.6. The van der Waals surface area contributed by atoms with Gasteiger partial charge in [-0.2, -0.15) is 0 Å². The number of benzene rings is 1. The summed E-state index contributed by atoms with van der Waals surface area (Å²) in [5.41, 5.74) is 2.84. The third-order valence-electron chi connectivity index (χ3n) is 7.49. The van der Waals surface area contributed by atoms with Crippen LogP contribution < -0.4 is 5.32 Å². The standard InChI is InChI=1S/C21H31NO3/c1-21-8-7-16-15-4-3-14(23)10-17(15)13(11-22-12-25-2)9-18(16)19(21)5-6-20(21)24/h3-4,10,13,16,18-20,22-24H,5-9,11-12H2,1-2H3/t13-,16-,18-,19+,20?,21+/m1/s1. The van der Waals surface area contributed by atoms with E-state index in [1.54, 1.807) is 7.11 Å². The monoisotopic (exact) mass is 345 g/mol. The molecule has 0 aliphatic heterocycles. The van der Waals surface area contributed by atoms with Crippen molar-refractivity contribution in [3.05, 3.63) is 29.3 Å². The number of fused-ring (bicyclic) bond motifs is 5. The Hall–Kier alpha value is -1.10. The van der Waals surface area contributed by atoms with Crippen molar-refractivity contribution in [3.63, 3.8) is 0 Å². The summed E-state index contributed by atoms with van der Waals surface area (Å²) in [5.74, 6) is 2.61. The first-order valence-corrected chi connectivity index (χ1v) is 9.75. The van der Waals surface area contributed by atoms with E-state index in [0.717, 1.165) is 38.6 Å². The fraction of sp³-hybridized carbons (Fsp3) is 0.714. The summed E-state index contributed by atoms with van der Waals surface area (Å²) in [6, 6.07) is 5.97. The number of hydrogen-bond acceptors (Lipinski definition) is 4. The van der Waals surface area contributed by atoms with Crippen molar-refractivity contribution in [2.24, 2.45) is 17.3 Å². The third kappa shape index (κ3) is 2.79. The van der Waals surface area contributed by atoms with Gasteiger partial charge in [-0.05, 0) is 84.5 Å². The van der Waals surface area contributed by atoms with Gasteiger partial charge in [-0.1, -0.05) is 13.0 Å². The molecule has 0 radical (unpaired) electrons. The Morgan fingerprint density at radius 3 is 2.88 bits per heavy atom. The summed E-state index contributed by atoms with van der Waals surface area (Å²) in [6.07, 6.45) is 5.40. The third-order valence-corrected chi connectivity index (χ3v) is 7.49. The van der Waals surface area contributed by atoms with Crippen molar-refractivity contribution < 1.29 is 14.9 Å². The number of phenols is 1. The lowest BCUT2D eigenvalue weighted by molar-refractivity contribution is -0.0251. The van der Waals surface area contributed by atoms with Gasteiger partial charge in [-0.25, -0.2) is 0 Å². The molecule has 6 atom stereocenters. The molecular weight excluding hydrogens is 314 g/mol. The van der Waals surface area contributed by atoms with E-state index in [1.807, 2.05) is 12.1 Å². The van der Waals surface area contributed by atoms with Crippen LogP contribution in [-0.4, -0.2) is 36.7 Å². The highest BCUT2D eigenvalue weighted by Crippen LogP contribution is 2.62. The first-order chi connectivity index (χ1) is 12.0. The largest absolute Gasteiger partial charge is 0.508 e. The molecule has 3 aliphatic carbocycles. The number of aromatic hydroxyl groups is 1. The lowest BCUT2D eigenvalue weighted by Gasteiger charge is -2.51. The highest BCUT2D eigenvalue weighted by molar-refractivity contribution is 5.42. The first-order valence-electron chi connectivity index (χ1n) is 9.75. The summed E-state index contributed by atoms with van der Waals surface area (Å²) in [7, 11) is 1.70. The molecule has 0 amide bonds. The minimum atomic E-state index is -0.135. The average molecular weight is 345 g/mol. The van der Waals surface area contributed by atoms with Crippen LogP contribution in [0.15, 0.2) is 18.2 Å². The summed E-state index contributed by atoms with van der Waals surface area (Å²) in [6.45, 7) is 3.74. The zero-order chi connectivity index (χ0) is 17.6. The van der Waals surface area contributed by atoms with Gasteiger partial charge in [0, 0.05) is 13.7 Å². The summed E-state index contributed by atoms with van der Waals surface area (Å²) < 4.78 is 5.16. The normalized spacial score (nSPS) is 39.6. The van der Waals surface area contributed by atoms with Gasteiger partial charge in [0.15, 0.2) is 0 Å². The van der Waals surface area contributed by atoms with Gasteiger partial charge < -0.3 is 14.9 Å². The maximum Gasteiger partial charge on any atom is 0.115 e. The molecule has 3 aliphatic rings. The van der Waals surface area contributed by atoms with Crippen LogP contribution in [0.4, 0.5) is 0 Å². The molecule has 0 aromatic heterocycles. The second-order valence-electron chi connectivity index (χ2n) is 8.65. The lowest BCUT2D eigenvalue weighted by atomic mass is 9.54. The van der Waals surface area contributed by atoms with Gasteiger partial charge in [0.1, 0.15) is 5.75 Å². The summed E-state index contributed by atoms with van der Waals surface area (Å²) >= 11 is 0. The number of methoxy groups -OCH3 is 1. The Morgan fingerprint density at radius 1 is 1.24 bits per heavy atom. The van der Waals surface area contributed by atoms with Crippen LogP contribution >= 0.6 is 0 Å². The lowest BCUT2D eigenvalue weighted by Crippen LogP contribution is -2.45. The first kappa shape index (κ1) is 17.3. The van der Waals surface area contributed by atoms with Gasteiger partial charge in [0.05, 0.1) is 12.8 Å². The fourth-order valence-electron chi connectivity index (χ4n) is 6.21. The Labute approximate surface area is 150 Å². The van der Waals surface area contributed by atoms with Crippen LogP contribution in [0.25, 0.3) is 0 Å². The Bertz CT molecular complexity index is 634. The minimum Gasteiger partial charge on any atom is -0.508 e. The maximum atomic E-state index is 10.6. The van der Waals surface area contributed by atoms with Crippen LogP contribution in [0.5, 0.6) is 5.75 Å². The number of ether oxygens (including phenoxy) is 1. The van der Waals surface area contributed by atoms with Crippen molar-refractivity contribution in [1.29, 1.82) is 0 Å².